The minimum Gasteiger partial charge on any atom is -0.385 e. The Kier molecular flexibility index (Phi) is 4.47. The second kappa shape index (κ2) is 5.92. The quantitative estimate of drug-likeness (QED) is 0.808. The average Bonchev–Trinajstić information content (AvgIpc) is 3.20. The third kappa shape index (κ3) is 3.94. The molecule has 2 rings (SSSR count). The molecule has 0 spiro atoms. The molecule has 2 N–H and O–H groups in total. The topological polar surface area (TPSA) is 58.2 Å². The van der Waals surface area contributed by atoms with Crippen LogP contribution < -0.4 is 10.0 Å². The van der Waals surface area contributed by atoms with E-state index < -0.39 is 10.0 Å². The summed E-state index contributed by atoms with van der Waals surface area (Å²) in [6.45, 7) is 4.92. The zero-order chi connectivity index (χ0) is 13.9. The van der Waals surface area contributed by atoms with Crippen molar-refractivity contribution in [2.45, 2.75) is 44.0 Å². The standard InChI is InChI=1S/C14H22N2O2S/c1-3-10-15-13-6-8-14(9-7-13)19(17,18)16-11(2)12-4-5-12/h6-9,11-12,15-16H,3-5,10H2,1-2H3. The van der Waals surface area contributed by atoms with E-state index in [1.807, 2.05) is 19.1 Å². The molecular weight excluding hydrogens is 260 g/mol. The summed E-state index contributed by atoms with van der Waals surface area (Å²) in [5.41, 5.74) is 0.955. The third-order valence-electron chi connectivity index (χ3n) is 3.41. The number of rotatable bonds is 7. The first-order valence-electron chi connectivity index (χ1n) is 6.89. The molecule has 1 atom stereocenters. The summed E-state index contributed by atoms with van der Waals surface area (Å²) in [6, 6.07) is 6.96. The monoisotopic (exact) mass is 282 g/mol. The molecule has 0 aliphatic heterocycles. The molecule has 1 unspecified atom stereocenters. The highest BCUT2D eigenvalue weighted by atomic mass is 32.2. The van der Waals surface area contributed by atoms with Crippen LogP contribution >= 0.6 is 0 Å². The number of anilines is 1. The lowest BCUT2D eigenvalue weighted by molar-refractivity contribution is 0.538. The Hall–Kier alpha value is -1.07. The Morgan fingerprint density at radius 3 is 2.42 bits per heavy atom. The van der Waals surface area contributed by atoms with Gasteiger partial charge in [-0.3, -0.25) is 0 Å². The number of benzene rings is 1. The van der Waals surface area contributed by atoms with Crippen molar-refractivity contribution >= 4 is 15.7 Å². The lowest BCUT2D eigenvalue weighted by atomic mass is 10.2. The second-order valence-corrected chi connectivity index (χ2v) is 6.91. The molecule has 1 aromatic carbocycles. The SMILES string of the molecule is CCCNc1ccc(S(=O)(=O)NC(C)C2CC2)cc1. The van der Waals surface area contributed by atoms with Gasteiger partial charge in [-0.1, -0.05) is 6.92 Å². The Morgan fingerprint density at radius 2 is 1.89 bits per heavy atom. The van der Waals surface area contributed by atoms with Gasteiger partial charge in [0.15, 0.2) is 0 Å². The van der Waals surface area contributed by atoms with E-state index in [0.717, 1.165) is 31.5 Å². The number of sulfonamides is 1. The van der Waals surface area contributed by atoms with Crippen LogP contribution in [0.15, 0.2) is 29.2 Å². The smallest absolute Gasteiger partial charge is 0.240 e. The normalized spacial score (nSPS) is 17.2. The summed E-state index contributed by atoms with van der Waals surface area (Å²) in [5, 5.41) is 3.23. The van der Waals surface area contributed by atoms with E-state index in [9.17, 15) is 8.42 Å². The lowest BCUT2D eigenvalue weighted by Crippen LogP contribution is -2.33. The first-order chi connectivity index (χ1) is 9.03. The van der Waals surface area contributed by atoms with Gasteiger partial charge in [0.25, 0.3) is 0 Å². The largest absolute Gasteiger partial charge is 0.385 e. The van der Waals surface area contributed by atoms with E-state index in [1.54, 1.807) is 12.1 Å². The van der Waals surface area contributed by atoms with Gasteiger partial charge < -0.3 is 5.32 Å². The highest BCUT2D eigenvalue weighted by Crippen LogP contribution is 2.33. The van der Waals surface area contributed by atoms with Gasteiger partial charge in [-0.2, -0.15) is 0 Å². The van der Waals surface area contributed by atoms with E-state index in [1.165, 1.54) is 0 Å². The predicted octanol–water partition coefficient (Wildman–Crippen LogP) is 2.59. The Labute approximate surface area is 115 Å². The lowest BCUT2D eigenvalue weighted by Gasteiger charge is -2.13. The van der Waals surface area contributed by atoms with Crippen LogP contribution in [0.5, 0.6) is 0 Å². The maximum Gasteiger partial charge on any atom is 0.240 e. The first kappa shape index (κ1) is 14.3. The fraction of sp³-hybridized carbons (Fsp3) is 0.571. The summed E-state index contributed by atoms with van der Waals surface area (Å²) < 4.78 is 27.1. The molecule has 0 heterocycles. The van der Waals surface area contributed by atoms with Crippen LogP contribution in [-0.2, 0) is 10.0 Å². The van der Waals surface area contributed by atoms with Gasteiger partial charge in [0.05, 0.1) is 4.90 Å². The number of hydrogen-bond acceptors (Lipinski definition) is 3. The van der Waals surface area contributed by atoms with E-state index in [2.05, 4.69) is 17.0 Å². The summed E-state index contributed by atoms with van der Waals surface area (Å²) in [6.07, 6.45) is 3.30. The van der Waals surface area contributed by atoms with E-state index in [0.29, 0.717) is 10.8 Å². The molecule has 0 saturated heterocycles. The Balaban J connectivity index is 2.03. The zero-order valence-corrected chi connectivity index (χ0v) is 12.3. The molecule has 1 aromatic rings. The predicted molar refractivity (Wildman–Crippen MR) is 77.7 cm³/mol. The number of nitrogens with one attached hydrogen (secondary N) is 2. The fourth-order valence-electron chi connectivity index (χ4n) is 2.03. The van der Waals surface area contributed by atoms with Gasteiger partial charge in [-0.05, 0) is 56.4 Å². The van der Waals surface area contributed by atoms with E-state index >= 15 is 0 Å². The van der Waals surface area contributed by atoms with Crippen molar-refractivity contribution in [2.75, 3.05) is 11.9 Å². The van der Waals surface area contributed by atoms with Crippen LogP contribution in [0.1, 0.15) is 33.1 Å². The highest BCUT2D eigenvalue weighted by molar-refractivity contribution is 7.89. The van der Waals surface area contributed by atoms with Crippen molar-refractivity contribution in [3.63, 3.8) is 0 Å². The van der Waals surface area contributed by atoms with E-state index in [4.69, 9.17) is 0 Å². The van der Waals surface area contributed by atoms with Crippen LogP contribution in [0.2, 0.25) is 0 Å². The molecular formula is C14H22N2O2S. The van der Waals surface area contributed by atoms with Crippen molar-refractivity contribution in [3.05, 3.63) is 24.3 Å². The van der Waals surface area contributed by atoms with Crippen molar-refractivity contribution in [1.82, 2.24) is 4.72 Å². The molecule has 5 heteroatoms. The molecule has 19 heavy (non-hydrogen) atoms. The minimum atomic E-state index is -3.38. The molecule has 1 fully saturated rings. The Morgan fingerprint density at radius 1 is 1.26 bits per heavy atom. The summed E-state index contributed by atoms with van der Waals surface area (Å²) in [5.74, 6) is 0.514. The molecule has 4 nitrogen and oxygen atoms in total. The van der Waals surface area contributed by atoms with Gasteiger partial charge in [0.1, 0.15) is 0 Å². The molecule has 0 aromatic heterocycles. The molecule has 1 saturated carbocycles. The highest BCUT2D eigenvalue weighted by Gasteiger charge is 2.31. The minimum absolute atomic E-state index is 0.0305. The first-order valence-corrected chi connectivity index (χ1v) is 8.37. The summed E-state index contributed by atoms with van der Waals surface area (Å²) in [4.78, 5) is 0.335. The van der Waals surface area contributed by atoms with Crippen molar-refractivity contribution < 1.29 is 8.42 Å². The maximum atomic E-state index is 12.2. The zero-order valence-electron chi connectivity index (χ0n) is 11.5. The van der Waals surface area contributed by atoms with Gasteiger partial charge >= 0.3 is 0 Å². The van der Waals surface area contributed by atoms with Gasteiger partial charge in [-0.15, -0.1) is 0 Å². The fourth-order valence-corrected chi connectivity index (χ4v) is 3.34. The molecule has 106 valence electrons. The molecule has 0 amide bonds. The van der Waals surface area contributed by atoms with Crippen LogP contribution in [0.4, 0.5) is 5.69 Å². The summed E-state index contributed by atoms with van der Waals surface area (Å²) in [7, 11) is -3.38. The van der Waals surface area contributed by atoms with Crippen molar-refractivity contribution in [3.8, 4) is 0 Å². The van der Waals surface area contributed by atoms with Crippen LogP contribution in [0, 0.1) is 5.92 Å². The molecule has 1 aliphatic carbocycles. The van der Waals surface area contributed by atoms with Gasteiger partial charge in [0, 0.05) is 18.3 Å². The molecule has 1 aliphatic rings. The van der Waals surface area contributed by atoms with Gasteiger partial charge in [-0.25, -0.2) is 13.1 Å². The Bertz CT molecular complexity index is 507. The van der Waals surface area contributed by atoms with Crippen molar-refractivity contribution in [1.29, 1.82) is 0 Å². The van der Waals surface area contributed by atoms with Crippen molar-refractivity contribution in [2.24, 2.45) is 5.92 Å². The number of hydrogen-bond donors (Lipinski definition) is 2. The van der Waals surface area contributed by atoms with Crippen LogP contribution in [0.25, 0.3) is 0 Å². The maximum absolute atomic E-state index is 12.2. The third-order valence-corrected chi connectivity index (χ3v) is 4.99. The second-order valence-electron chi connectivity index (χ2n) is 5.20. The average molecular weight is 282 g/mol. The van der Waals surface area contributed by atoms with E-state index in [-0.39, 0.29) is 6.04 Å². The summed E-state index contributed by atoms with van der Waals surface area (Å²) >= 11 is 0. The van der Waals surface area contributed by atoms with Crippen LogP contribution in [0.3, 0.4) is 0 Å². The van der Waals surface area contributed by atoms with Crippen LogP contribution in [-0.4, -0.2) is 21.0 Å². The molecule has 0 radical (unpaired) electrons. The van der Waals surface area contributed by atoms with Gasteiger partial charge in [0.2, 0.25) is 10.0 Å². The molecule has 0 bridgehead atoms.